The molecule has 0 saturated carbocycles. The zero-order valence-corrected chi connectivity index (χ0v) is 13.0. The Balaban J connectivity index is 1.49. The third-order valence-corrected chi connectivity index (χ3v) is 4.40. The zero-order valence-electron chi connectivity index (χ0n) is 13.0. The number of hydrogen-bond acceptors (Lipinski definition) is 4. The summed E-state index contributed by atoms with van der Waals surface area (Å²) in [5.41, 5.74) is 3.33. The number of nitrogens with one attached hydrogen (secondary N) is 1. The van der Waals surface area contributed by atoms with Gasteiger partial charge in [0, 0.05) is 35.6 Å². The number of rotatable bonds is 4. The van der Waals surface area contributed by atoms with Crippen molar-refractivity contribution in [3.05, 3.63) is 60.0 Å². The lowest BCUT2D eigenvalue weighted by Gasteiger charge is -2.22. The summed E-state index contributed by atoms with van der Waals surface area (Å²) in [6, 6.07) is 12.1. The number of nitrogens with zero attached hydrogens (tertiary/aromatic N) is 3. The summed E-state index contributed by atoms with van der Waals surface area (Å²) in [4.78, 5) is 4.71. The maximum atomic E-state index is 5.93. The molecule has 4 rings (SSSR count). The van der Waals surface area contributed by atoms with Crippen molar-refractivity contribution in [2.45, 2.75) is 25.4 Å². The van der Waals surface area contributed by atoms with E-state index in [-0.39, 0.29) is 0 Å². The Bertz CT molecular complexity index is 792. The molecule has 5 heteroatoms. The Hall–Kier alpha value is -2.40. The minimum absolute atomic E-state index is 0.499. The summed E-state index contributed by atoms with van der Waals surface area (Å²) >= 11 is 0. The van der Waals surface area contributed by atoms with E-state index in [9.17, 15) is 0 Å². The second-order valence-electron chi connectivity index (χ2n) is 5.91. The molecule has 0 aliphatic carbocycles. The van der Waals surface area contributed by atoms with Crippen LogP contribution in [0.25, 0.3) is 5.52 Å². The van der Waals surface area contributed by atoms with Crippen LogP contribution in [0.1, 0.15) is 30.0 Å². The van der Waals surface area contributed by atoms with E-state index in [1.54, 1.807) is 6.20 Å². The first kappa shape index (κ1) is 14.2. The highest BCUT2D eigenvalue weighted by molar-refractivity contribution is 5.53. The lowest BCUT2D eigenvalue weighted by atomic mass is 9.94. The van der Waals surface area contributed by atoms with Crippen molar-refractivity contribution in [3.63, 3.8) is 0 Å². The lowest BCUT2D eigenvalue weighted by Crippen LogP contribution is -2.27. The molecule has 118 valence electrons. The molecule has 5 nitrogen and oxygen atoms in total. The van der Waals surface area contributed by atoms with Crippen LogP contribution in [-0.4, -0.2) is 27.7 Å². The number of fused-ring (bicyclic) bond motifs is 1. The highest BCUT2D eigenvalue weighted by Crippen LogP contribution is 2.25. The third-order valence-electron chi connectivity index (χ3n) is 4.40. The van der Waals surface area contributed by atoms with E-state index in [4.69, 9.17) is 9.72 Å². The normalized spacial score (nSPS) is 15.8. The van der Waals surface area contributed by atoms with Crippen molar-refractivity contribution in [3.8, 4) is 5.88 Å². The average Bonchev–Trinajstić information content (AvgIpc) is 3.10. The number of ether oxygens (including phenoxy) is 1. The summed E-state index contributed by atoms with van der Waals surface area (Å²) in [5.74, 6) is 1.24. The quantitative estimate of drug-likeness (QED) is 0.805. The van der Waals surface area contributed by atoms with Crippen LogP contribution < -0.4 is 10.1 Å². The maximum absolute atomic E-state index is 5.93. The van der Waals surface area contributed by atoms with Crippen LogP contribution in [0.3, 0.4) is 0 Å². The number of hydrogen-bond donors (Lipinski definition) is 1. The third kappa shape index (κ3) is 3.05. The molecule has 0 radical (unpaired) electrons. The monoisotopic (exact) mass is 308 g/mol. The molecular weight excluding hydrogens is 288 g/mol. The Morgan fingerprint density at radius 2 is 2.04 bits per heavy atom. The highest BCUT2D eigenvalue weighted by Gasteiger charge is 2.16. The van der Waals surface area contributed by atoms with E-state index in [0.717, 1.165) is 42.7 Å². The van der Waals surface area contributed by atoms with E-state index >= 15 is 0 Å². The van der Waals surface area contributed by atoms with Gasteiger partial charge >= 0.3 is 0 Å². The molecule has 1 saturated heterocycles. The Morgan fingerprint density at radius 1 is 1.13 bits per heavy atom. The van der Waals surface area contributed by atoms with Gasteiger partial charge in [-0.05, 0) is 44.1 Å². The molecule has 1 aliphatic heterocycles. The predicted octanol–water partition coefficient (Wildman–Crippen LogP) is 2.78. The van der Waals surface area contributed by atoms with E-state index in [0.29, 0.717) is 18.4 Å². The highest BCUT2D eigenvalue weighted by atomic mass is 16.5. The van der Waals surface area contributed by atoms with Crippen molar-refractivity contribution in [2.75, 3.05) is 13.1 Å². The first-order chi connectivity index (χ1) is 11.4. The smallest absolute Gasteiger partial charge is 0.213 e. The maximum Gasteiger partial charge on any atom is 0.213 e. The van der Waals surface area contributed by atoms with E-state index in [2.05, 4.69) is 22.5 Å². The fraction of sp³-hybridized carbons (Fsp3) is 0.333. The average molecular weight is 308 g/mol. The first-order valence-electron chi connectivity index (χ1n) is 8.12. The Kier molecular flexibility index (Phi) is 3.94. The van der Waals surface area contributed by atoms with Gasteiger partial charge in [0.1, 0.15) is 6.61 Å². The molecule has 0 unspecified atom stereocenters. The number of piperidine rings is 1. The molecular formula is C18H20N4O. The number of aromatic nitrogens is 3. The van der Waals surface area contributed by atoms with Crippen LogP contribution in [0, 0.1) is 0 Å². The molecule has 1 fully saturated rings. The second kappa shape index (κ2) is 6.38. The molecule has 0 aromatic carbocycles. The summed E-state index contributed by atoms with van der Waals surface area (Å²) in [5, 5.41) is 7.64. The summed E-state index contributed by atoms with van der Waals surface area (Å²) in [6.45, 7) is 2.64. The van der Waals surface area contributed by atoms with Crippen molar-refractivity contribution >= 4 is 5.52 Å². The van der Waals surface area contributed by atoms with Crippen molar-refractivity contribution < 1.29 is 4.74 Å². The van der Waals surface area contributed by atoms with Crippen LogP contribution in [0.4, 0.5) is 0 Å². The number of pyridine rings is 2. The first-order valence-corrected chi connectivity index (χ1v) is 8.12. The molecule has 1 aliphatic rings. The minimum atomic E-state index is 0.499. The van der Waals surface area contributed by atoms with Crippen molar-refractivity contribution in [2.24, 2.45) is 0 Å². The fourth-order valence-electron chi connectivity index (χ4n) is 3.14. The Labute approximate surface area is 135 Å². The standard InChI is InChI=1S/C18H20N4O/c1-4-16(14-6-9-19-10-7-14)21-18(5-1)23-13-15-3-2-12-22-17(15)8-11-20-22/h1-5,8,11-12,14,19H,6-7,9-10,13H2. The van der Waals surface area contributed by atoms with E-state index in [1.807, 2.05) is 35.0 Å². The summed E-state index contributed by atoms with van der Waals surface area (Å²) < 4.78 is 7.79. The molecule has 23 heavy (non-hydrogen) atoms. The van der Waals surface area contributed by atoms with Gasteiger partial charge in [-0.1, -0.05) is 12.1 Å². The molecule has 0 amide bonds. The van der Waals surface area contributed by atoms with Gasteiger partial charge in [-0.15, -0.1) is 0 Å². The van der Waals surface area contributed by atoms with Gasteiger partial charge in [-0.25, -0.2) is 9.50 Å². The molecule has 3 aromatic rings. The van der Waals surface area contributed by atoms with Crippen molar-refractivity contribution in [1.29, 1.82) is 0 Å². The van der Waals surface area contributed by atoms with Crippen LogP contribution in [0.2, 0.25) is 0 Å². The molecule has 0 atom stereocenters. The molecule has 4 heterocycles. The topological polar surface area (TPSA) is 51.5 Å². The summed E-state index contributed by atoms with van der Waals surface area (Å²) in [6.07, 6.45) is 6.03. The second-order valence-corrected chi connectivity index (χ2v) is 5.91. The molecule has 0 bridgehead atoms. The fourth-order valence-corrected chi connectivity index (χ4v) is 3.14. The van der Waals surface area contributed by atoms with E-state index in [1.165, 1.54) is 0 Å². The van der Waals surface area contributed by atoms with Gasteiger partial charge in [-0.3, -0.25) is 0 Å². The lowest BCUT2D eigenvalue weighted by molar-refractivity contribution is 0.292. The zero-order chi connectivity index (χ0) is 15.5. The van der Waals surface area contributed by atoms with Gasteiger partial charge in [0.15, 0.2) is 0 Å². The van der Waals surface area contributed by atoms with Crippen LogP contribution in [-0.2, 0) is 6.61 Å². The van der Waals surface area contributed by atoms with Gasteiger partial charge in [-0.2, -0.15) is 5.10 Å². The van der Waals surface area contributed by atoms with Gasteiger partial charge in [0.05, 0.1) is 5.52 Å². The molecule has 3 aromatic heterocycles. The molecule has 1 N–H and O–H groups in total. The minimum Gasteiger partial charge on any atom is -0.473 e. The summed E-state index contributed by atoms with van der Waals surface area (Å²) in [7, 11) is 0. The van der Waals surface area contributed by atoms with Crippen molar-refractivity contribution in [1.82, 2.24) is 19.9 Å². The van der Waals surface area contributed by atoms with Crippen LogP contribution in [0.15, 0.2) is 48.8 Å². The predicted molar refractivity (Wildman–Crippen MR) is 88.6 cm³/mol. The van der Waals surface area contributed by atoms with Gasteiger partial charge in [0.25, 0.3) is 0 Å². The van der Waals surface area contributed by atoms with Crippen LogP contribution in [0.5, 0.6) is 5.88 Å². The molecule has 0 spiro atoms. The SMILES string of the molecule is c1cc(OCc2cccn3nccc23)nc(C2CCNCC2)c1. The van der Waals surface area contributed by atoms with Gasteiger partial charge < -0.3 is 10.1 Å². The largest absolute Gasteiger partial charge is 0.473 e. The van der Waals surface area contributed by atoms with Gasteiger partial charge in [0.2, 0.25) is 5.88 Å². The Morgan fingerprint density at radius 3 is 2.96 bits per heavy atom. The van der Waals surface area contributed by atoms with Crippen LogP contribution >= 0.6 is 0 Å². The van der Waals surface area contributed by atoms with E-state index < -0.39 is 0 Å².